The molecule has 0 saturated carbocycles. The number of anilines is 1. The Balaban J connectivity index is 1.70. The topological polar surface area (TPSA) is 89.1 Å². The van der Waals surface area contributed by atoms with Gasteiger partial charge >= 0.3 is 0 Å². The van der Waals surface area contributed by atoms with Gasteiger partial charge in [0.2, 0.25) is 11.5 Å². The lowest BCUT2D eigenvalue weighted by Crippen LogP contribution is -2.26. The highest BCUT2D eigenvalue weighted by Crippen LogP contribution is 2.22. The van der Waals surface area contributed by atoms with Crippen LogP contribution in [0, 0.1) is 0 Å². The van der Waals surface area contributed by atoms with E-state index in [2.05, 4.69) is 20.3 Å². The smallest absolute Gasteiger partial charge is 0.249 e. The zero-order valence-corrected chi connectivity index (χ0v) is 11.3. The number of pyridine rings is 1. The molecule has 1 aliphatic heterocycles. The maximum absolute atomic E-state index is 11.3. The van der Waals surface area contributed by atoms with Crippen molar-refractivity contribution < 1.29 is 9.47 Å². The zero-order chi connectivity index (χ0) is 14.2. The summed E-state index contributed by atoms with van der Waals surface area (Å²) >= 11 is 0. The fourth-order valence-corrected chi connectivity index (χ4v) is 2.09. The van der Waals surface area contributed by atoms with Gasteiger partial charge in [-0.05, 0) is 19.9 Å². The van der Waals surface area contributed by atoms with Crippen LogP contribution in [0.3, 0.4) is 0 Å². The van der Waals surface area contributed by atoms with Crippen molar-refractivity contribution in [3.05, 3.63) is 28.7 Å². The molecule has 1 saturated heterocycles. The first-order valence-electron chi connectivity index (χ1n) is 6.44. The third-order valence-electron chi connectivity index (χ3n) is 3.03. The van der Waals surface area contributed by atoms with Crippen LogP contribution in [-0.4, -0.2) is 40.0 Å². The van der Waals surface area contributed by atoms with E-state index in [0.29, 0.717) is 24.7 Å². The predicted molar refractivity (Wildman–Crippen MR) is 73.6 cm³/mol. The molecule has 7 heteroatoms. The van der Waals surface area contributed by atoms with Crippen molar-refractivity contribution in [3.63, 3.8) is 0 Å². The van der Waals surface area contributed by atoms with Gasteiger partial charge in [-0.15, -0.1) is 0 Å². The zero-order valence-electron chi connectivity index (χ0n) is 11.3. The first kappa shape index (κ1) is 13.0. The van der Waals surface area contributed by atoms with Crippen LogP contribution in [0.1, 0.15) is 13.8 Å². The van der Waals surface area contributed by atoms with Crippen molar-refractivity contribution in [1.29, 1.82) is 0 Å². The first-order chi connectivity index (χ1) is 9.52. The Hall–Kier alpha value is -1.99. The number of rotatable bonds is 3. The van der Waals surface area contributed by atoms with E-state index in [1.807, 2.05) is 13.8 Å². The Morgan fingerprint density at radius 3 is 3.10 bits per heavy atom. The molecule has 0 spiro atoms. The Labute approximate surface area is 115 Å². The predicted octanol–water partition coefficient (Wildman–Crippen LogP) is 0.881. The van der Waals surface area contributed by atoms with E-state index < -0.39 is 5.79 Å². The van der Waals surface area contributed by atoms with E-state index in [1.165, 1.54) is 6.07 Å². The van der Waals surface area contributed by atoms with Gasteiger partial charge in [-0.2, -0.15) is 4.98 Å². The molecule has 1 aliphatic rings. The molecule has 2 N–H and O–H groups in total. The molecule has 20 heavy (non-hydrogen) atoms. The van der Waals surface area contributed by atoms with E-state index in [1.54, 1.807) is 12.3 Å². The SMILES string of the molecule is CC1(C)OCC(CNc2ncc3ccc(=O)[nH]c3n2)O1. The lowest BCUT2D eigenvalue weighted by molar-refractivity contribution is -0.136. The first-order valence-corrected chi connectivity index (χ1v) is 6.44. The number of hydrogen-bond acceptors (Lipinski definition) is 6. The number of hydrogen-bond donors (Lipinski definition) is 2. The quantitative estimate of drug-likeness (QED) is 0.865. The second-order valence-electron chi connectivity index (χ2n) is 5.15. The van der Waals surface area contributed by atoms with Gasteiger partial charge in [-0.25, -0.2) is 4.98 Å². The molecule has 0 radical (unpaired) electrons. The third kappa shape index (κ3) is 2.78. The van der Waals surface area contributed by atoms with Gasteiger partial charge < -0.3 is 19.8 Å². The van der Waals surface area contributed by atoms with Crippen LogP contribution < -0.4 is 10.9 Å². The molecule has 0 bridgehead atoms. The van der Waals surface area contributed by atoms with Crippen LogP contribution in [0.2, 0.25) is 0 Å². The van der Waals surface area contributed by atoms with Crippen molar-refractivity contribution in [3.8, 4) is 0 Å². The summed E-state index contributed by atoms with van der Waals surface area (Å²) in [5.74, 6) is -0.0883. The number of fused-ring (bicyclic) bond motifs is 1. The third-order valence-corrected chi connectivity index (χ3v) is 3.03. The van der Waals surface area contributed by atoms with Gasteiger partial charge in [0.15, 0.2) is 5.79 Å². The lowest BCUT2D eigenvalue weighted by atomic mass is 10.3. The molecule has 0 aromatic carbocycles. The molecule has 0 amide bonds. The van der Waals surface area contributed by atoms with Crippen LogP contribution in [0.4, 0.5) is 5.95 Å². The summed E-state index contributed by atoms with van der Waals surface area (Å²) in [7, 11) is 0. The Morgan fingerprint density at radius 1 is 1.50 bits per heavy atom. The molecule has 106 valence electrons. The van der Waals surface area contributed by atoms with Gasteiger partial charge in [0, 0.05) is 24.2 Å². The van der Waals surface area contributed by atoms with Gasteiger partial charge in [0.25, 0.3) is 0 Å². The standard InChI is InChI=1S/C13H16N4O3/c1-13(2)19-7-9(20-13)6-15-12-14-5-8-3-4-10(18)16-11(8)17-12/h3-5,9H,6-7H2,1-2H3,(H2,14,15,16,17,18). The van der Waals surface area contributed by atoms with E-state index >= 15 is 0 Å². The number of nitrogens with one attached hydrogen (secondary N) is 2. The van der Waals surface area contributed by atoms with E-state index in [0.717, 1.165) is 5.39 Å². The van der Waals surface area contributed by atoms with E-state index in [4.69, 9.17) is 9.47 Å². The van der Waals surface area contributed by atoms with Gasteiger partial charge in [0.1, 0.15) is 11.8 Å². The van der Waals surface area contributed by atoms with Crippen molar-refractivity contribution in [2.75, 3.05) is 18.5 Å². The fourth-order valence-electron chi connectivity index (χ4n) is 2.09. The molecule has 3 heterocycles. The number of aromatic amines is 1. The monoisotopic (exact) mass is 276 g/mol. The lowest BCUT2D eigenvalue weighted by Gasteiger charge is -2.17. The summed E-state index contributed by atoms with van der Waals surface area (Å²) in [5.41, 5.74) is 0.329. The molecular weight excluding hydrogens is 260 g/mol. The van der Waals surface area contributed by atoms with Gasteiger partial charge in [0.05, 0.1) is 6.61 Å². The van der Waals surface area contributed by atoms with Gasteiger partial charge in [-0.1, -0.05) is 0 Å². The van der Waals surface area contributed by atoms with Crippen LogP contribution >= 0.6 is 0 Å². The largest absolute Gasteiger partial charge is 0.351 e. The summed E-state index contributed by atoms with van der Waals surface area (Å²) in [6.45, 7) is 4.84. The molecule has 2 aromatic heterocycles. The van der Waals surface area contributed by atoms with E-state index in [-0.39, 0.29) is 11.7 Å². The second-order valence-corrected chi connectivity index (χ2v) is 5.15. The van der Waals surface area contributed by atoms with Crippen molar-refractivity contribution in [2.24, 2.45) is 0 Å². The molecule has 3 rings (SSSR count). The minimum atomic E-state index is -0.540. The van der Waals surface area contributed by atoms with Crippen LogP contribution in [0.5, 0.6) is 0 Å². The molecule has 1 unspecified atom stereocenters. The second kappa shape index (κ2) is 4.84. The Morgan fingerprint density at radius 2 is 2.35 bits per heavy atom. The summed E-state index contributed by atoms with van der Waals surface area (Å²) in [6.07, 6.45) is 1.62. The molecule has 0 aliphatic carbocycles. The highest BCUT2D eigenvalue weighted by atomic mass is 16.7. The molecule has 2 aromatic rings. The molecule has 7 nitrogen and oxygen atoms in total. The number of aromatic nitrogens is 3. The Bertz CT molecular complexity index is 683. The molecule has 1 fully saturated rings. The van der Waals surface area contributed by atoms with Crippen LogP contribution in [0.25, 0.3) is 11.0 Å². The van der Waals surface area contributed by atoms with Crippen molar-refractivity contribution >= 4 is 17.0 Å². The van der Waals surface area contributed by atoms with Crippen LogP contribution in [0.15, 0.2) is 23.1 Å². The normalized spacial score (nSPS) is 21.2. The van der Waals surface area contributed by atoms with Crippen LogP contribution in [-0.2, 0) is 9.47 Å². The average molecular weight is 276 g/mol. The Kier molecular flexibility index (Phi) is 3.15. The molecular formula is C13H16N4O3. The number of ether oxygens (including phenoxy) is 2. The number of nitrogens with zero attached hydrogens (tertiary/aromatic N) is 2. The number of H-pyrrole nitrogens is 1. The van der Waals surface area contributed by atoms with E-state index in [9.17, 15) is 4.79 Å². The average Bonchev–Trinajstić information content (AvgIpc) is 2.75. The highest BCUT2D eigenvalue weighted by Gasteiger charge is 2.32. The maximum Gasteiger partial charge on any atom is 0.249 e. The maximum atomic E-state index is 11.3. The minimum Gasteiger partial charge on any atom is -0.351 e. The summed E-state index contributed by atoms with van der Waals surface area (Å²) < 4.78 is 11.2. The molecule has 1 atom stereocenters. The summed E-state index contributed by atoms with van der Waals surface area (Å²) in [4.78, 5) is 22.4. The highest BCUT2D eigenvalue weighted by molar-refractivity contribution is 5.74. The van der Waals surface area contributed by atoms with Gasteiger partial charge in [-0.3, -0.25) is 4.79 Å². The summed E-state index contributed by atoms with van der Waals surface area (Å²) in [5, 5.41) is 3.88. The van der Waals surface area contributed by atoms with Crippen molar-refractivity contribution in [2.45, 2.75) is 25.7 Å². The fraction of sp³-hybridized carbons (Fsp3) is 0.462. The summed E-state index contributed by atoms with van der Waals surface area (Å²) in [6, 6.07) is 3.14. The minimum absolute atomic E-state index is 0.0425. The van der Waals surface area contributed by atoms with Crippen molar-refractivity contribution in [1.82, 2.24) is 15.0 Å².